The van der Waals surface area contributed by atoms with E-state index in [4.69, 9.17) is 9.47 Å². The van der Waals surface area contributed by atoms with Gasteiger partial charge in [-0.25, -0.2) is 4.79 Å². The van der Waals surface area contributed by atoms with Crippen molar-refractivity contribution in [3.8, 4) is 0 Å². The van der Waals surface area contributed by atoms with E-state index in [0.717, 1.165) is 16.1 Å². The van der Waals surface area contributed by atoms with Crippen LogP contribution in [0.5, 0.6) is 0 Å². The Balaban J connectivity index is 2.66. The minimum Gasteiger partial charge on any atom is -0.444 e. The number of hydrogen-bond donors (Lipinski definition) is 1. The lowest BCUT2D eigenvalue weighted by atomic mass is 10.2. The number of ether oxygens (including phenoxy) is 2. The van der Waals surface area contributed by atoms with Gasteiger partial charge in [0, 0.05) is 17.4 Å². The summed E-state index contributed by atoms with van der Waals surface area (Å²) in [6.07, 6.45) is -0.428. The van der Waals surface area contributed by atoms with Crippen molar-refractivity contribution in [2.24, 2.45) is 0 Å². The van der Waals surface area contributed by atoms with Crippen LogP contribution in [0, 0.1) is 6.92 Å². The Morgan fingerprint density at radius 1 is 1.47 bits per heavy atom. The lowest BCUT2D eigenvalue weighted by Crippen LogP contribution is -2.27. The van der Waals surface area contributed by atoms with E-state index in [1.165, 1.54) is 0 Å². The van der Waals surface area contributed by atoms with Gasteiger partial charge in [-0.2, -0.15) is 0 Å². The third kappa shape index (κ3) is 4.36. The van der Waals surface area contributed by atoms with Crippen LogP contribution in [-0.4, -0.2) is 18.8 Å². The second-order valence-corrected chi connectivity index (χ2v) is 5.72. The Kier molecular flexibility index (Phi) is 4.54. The third-order valence-corrected chi connectivity index (χ3v) is 3.11. The van der Waals surface area contributed by atoms with Gasteiger partial charge >= 0.3 is 6.09 Å². The first-order valence-electron chi connectivity index (χ1n) is 5.39. The van der Waals surface area contributed by atoms with Crippen LogP contribution < -0.4 is 5.32 Å². The van der Waals surface area contributed by atoms with Crippen LogP contribution in [0.15, 0.2) is 5.38 Å². The summed E-state index contributed by atoms with van der Waals surface area (Å²) in [5.41, 5.74) is 1.34. The topological polar surface area (TPSA) is 47.6 Å². The Bertz CT molecular complexity index is 393. The van der Waals surface area contributed by atoms with Crippen molar-refractivity contribution in [3.63, 3.8) is 0 Å². The quantitative estimate of drug-likeness (QED) is 0.900. The van der Waals surface area contributed by atoms with E-state index in [-0.39, 0.29) is 0 Å². The smallest absolute Gasteiger partial charge is 0.412 e. The zero-order chi connectivity index (χ0) is 13.1. The summed E-state index contributed by atoms with van der Waals surface area (Å²) in [6.45, 7) is 8.03. The molecule has 1 amide bonds. The highest BCUT2D eigenvalue weighted by atomic mass is 32.1. The SMILES string of the molecule is COCc1scc(NC(=O)OC(C)(C)C)c1C. The third-order valence-electron chi connectivity index (χ3n) is 2.05. The van der Waals surface area contributed by atoms with Crippen molar-refractivity contribution < 1.29 is 14.3 Å². The number of nitrogens with one attached hydrogen (secondary N) is 1. The summed E-state index contributed by atoms with van der Waals surface area (Å²) in [4.78, 5) is 12.7. The van der Waals surface area contributed by atoms with E-state index in [2.05, 4.69) is 5.32 Å². The standard InChI is InChI=1S/C12H19NO3S/c1-8-9(7-17-10(8)6-15-5)13-11(14)16-12(2,3)4/h7H,6H2,1-5H3,(H,13,14). The van der Waals surface area contributed by atoms with Gasteiger partial charge in [0.25, 0.3) is 0 Å². The molecule has 0 saturated carbocycles. The average Bonchev–Trinajstić information content (AvgIpc) is 2.47. The summed E-state index contributed by atoms with van der Waals surface area (Å²) >= 11 is 1.57. The molecule has 0 saturated heterocycles. The molecular weight excluding hydrogens is 238 g/mol. The van der Waals surface area contributed by atoms with Crippen LogP contribution in [-0.2, 0) is 16.1 Å². The summed E-state index contributed by atoms with van der Waals surface area (Å²) in [5, 5.41) is 4.64. The predicted molar refractivity (Wildman–Crippen MR) is 69.6 cm³/mol. The monoisotopic (exact) mass is 257 g/mol. The van der Waals surface area contributed by atoms with E-state index in [1.807, 2.05) is 33.1 Å². The molecule has 0 spiro atoms. The van der Waals surface area contributed by atoms with Crippen LogP contribution in [0.1, 0.15) is 31.2 Å². The minimum absolute atomic E-state index is 0.428. The van der Waals surface area contributed by atoms with E-state index in [0.29, 0.717) is 6.61 Å². The summed E-state index contributed by atoms with van der Waals surface area (Å²) < 4.78 is 10.3. The highest BCUT2D eigenvalue weighted by molar-refractivity contribution is 7.10. The predicted octanol–water partition coefficient (Wildman–Crippen LogP) is 3.55. The van der Waals surface area contributed by atoms with Gasteiger partial charge in [-0.05, 0) is 33.3 Å². The normalized spacial score (nSPS) is 11.4. The molecule has 0 unspecified atom stereocenters. The first kappa shape index (κ1) is 14.0. The van der Waals surface area contributed by atoms with Crippen LogP contribution in [0.4, 0.5) is 10.5 Å². The molecule has 1 N–H and O–H groups in total. The number of carbonyl (C=O) groups excluding carboxylic acids is 1. The van der Waals surface area contributed by atoms with Gasteiger partial charge in [0.2, 0.25) is 0 Å². The highest BCUT2D eigenvalue weighted by Gasteiger charge is 2.17. The molecule has 0 aliphatic carbocycles. The summed E-state index contributed by atoms with van der Waals surface area (Å²) in [6, 6.07) is 0. The molecule has 5 heteroatoms. The maximum atomic E-state index is 11.6. The second-order valence-electron chi connectivity index (χ2n) is 4.76. The van der Waals surface area contributed by atoms with Crippen molar-refractivity contribution in [1.29, 1.82) is 0 Å². The number of anilines is 1. The van der Waals surface area contributed by atoms with Gasteiger partial charge < -0.3 is 9.47 Å². The van der Waals surface area contributed by atoms with Crippen LogP contribution >= 0.6 is 11.3 Å². The number of carbonyl (C=O) groups is 1. The van der Waals surface area contributed by atoms with E-state index in [1.54, 1.807) is 18.4 Å². The van der Waals surface area contributed by atoms with E-state index in [9.17, 15) is 4.79 Å². The molecule has 4 nitrogen and oxygen atoms in total. The zero-order valence-corrected chi connectivity index (χ0v) is 11.7. The van der Waals surface area contributed by atoms with Gasteiger partial charge in [-0.15, -0.1) is 11.3 Å². The molecule has 17 heavy (non-hydrogen) atoms. The first-order chi connectivity index (χ1) is 7.83. The minimum atomic E-state index is -0.483. The molecule has 1 aromatic heterocycles. The van der Waals surface area contributed by atoms with Crippen molar-refractivity contribution in [2.75, 3.05) is 12.4 Å². The van der Waals surface area contributed by atoms with Crippen molar-refractivity contribution in [2.45, 2.75) is 39.9 Å². The average molecular weight is 257 g/mol. The first-order valence-corrected chi connectivity index (χ1v) is 6.27. The Morgan fingerprint density at radius 2 is 2.12 bits per heavy atom. The second kappa shape index (κ2) is 5.51. The fourth-order valence-corrected chi connectivity index (χ4v) is 2.24. The molecule has 1 rings (SSSR count). The zero-order valence-electron chi connectivity index (χ0n) is 10.9. The van der Waals surface area contributed by atoms with Crippen LogP contribution in [0.25, 0.3) is 0 Å². The molecule has 0 bridgehead atoms. The Morgan fingerprint density at radius 3 is 2.65 bits per heavy atom. The number of amides is 1. The van der Waals surface area contributed by atoms with Crippen molar-refractivity contribution in [1.82, 2.24) is 0 Å². The maximum absolute atomic E-state index is 11.6. The number of hydrogen-bond acceptors (Lipinski definition) is 4. The highest BCUT2D eigenvalue weighted by Crippen LogP contribution is 2.27. The molecule has 0 aliphatic rings. The van der Waals surface area contributed by atoms with Gasteiger partial charge in [0.05, 0.1) is 12.3 Å². The Labute approximate surface area is 106 Å². The lowest BCUT2D eigenvalue weighted by molar-refractivity contribution is 0.0636. The maximum Gasteiger partial charge on any atom is 0.412 e. The molecule has 0 aliphatic heterocycles. The van der Waals surface area contributed by atoms with Gasteiger partial charge in [0.1, 0.15) is 5.60 Å². The summed E-state index contributed by atoms with van der Waals surface area (Å²) in [5.74, 6) is 0. The molecule has 0 fully saturated rings. The van der Waals surface area contributed by atoms with E-state index >= 15 is 0 Å². The van der Waals surface area contributed by atoms with Crippen molar-refractivity contribution in [3.05, 3.63) is 15.8 Å². The van der Waals surface area contributed by atoms with Crippen molar-refractivity contribution >= 4 is 23.1 Å². The summed E-state index contributed by atoms with van der Waals surface area (Å²) in [7, 11) is 1.65. The van der Waals surface area contributed by atoms with E-state index < -0.39 is 11.7 Å². The van der Waals surface area contributed by atoms with Gasteiger partial charge in [-0.3, -0.25) is 5.32 Å². The van der Waals surface area contributed by atoms with Gasteiger partial charge in [0.15, 0.2) is 0 Å². The molecule has 1 heterocycles. The number of rotatable bonds is 3. The largest absolute Gasteiger partial charge is 0.444 e. The molecule has 96 valence electrons. The fraction of sp³-hybridized carbons (Fsp3) is 0.583. The molecule has 1 aromatic rings. The number of thiophene rings is 1. The number of methoxy groups -OCH3 is 1. The van der Waals surface area contributed by atoms with Crippen LogP contribution in [0.3, 0.4) is 0 Å². The molecule has 0 aromatic carbocycles. The lowest BCUT2D eigenvalue weighted by Gasteiger charge is -2.19. The molecular formula is C12H19NO3S. The van der Waals surface area contributed by atoms with Gasteiger partial charge in [-0.1, -0.05) is 0 Å². The Hall–Kier alpha value is -1.07. The fourth-order valence-electron chi connectivity index (χ4n) is 1.27. The molecule has 0 radical (unpaired) electrons. The van der Waals surface area contributed by atoms with Crippen LogP contribution in [0.2, 0.25) is 0 Å². The molecule has 0 atom stereocenters.